The molecule has 112 valence electrons. The van der Waals surface area contributed by atoms with Crippen LogP contribution in [0.3, 0.4) is 0 Å². The molecule has 0 aliphatic heterocycles. The summed E-state index contributed by atoms with van der Waals surface area (Å²) in [6.45, 7) is 9.12. The molecule has 0 fully saturated rings. The van der Waals surface area contributed by atoms with Crippen molar-refractivity contribution in [3.63, 3.8) is 0 Å². The summed E-state index contributed by atoms with van der Waals surface area (Å²) >= 11 is 0. The van der Waals surface area contributed by atoms with E-state index in [1.807, 2.05) is 30.3 Å². The van der Waals surface area contributed by atoms with Gasteiger partial charge in [-0.05, 0) is 28.7 Å². The van der Waals surface area contributed by atoms with Gasteiger partial charge >= 0.3 is 0 Å². The largest absolute Gasteiger partial charge is 0.492 e. The molecule has 21 heavy (non-hydrogen) atoms. The monoisotopic (exact) mass is 283 g/mol. The van der Waals surface area contributed by atoms with Gasteiger partial charge in [-0.1, -0.05) is 63.2 Å². The van der Waals surface area contributed by atoms with Gasteiger partial charge in [-0.15, -0.1) is 0 Å². The molecule has 0 bridgehead atoms. The first-order chi connectivity index (χ1) is 10.1. The van der Waals surface area contributed by atoms with Crippen LogP contribution in [0.5, 0.6) is 5.75 Å². The van der Waals surface area contributed by atoms with Crippen LogP contribution in [0, 0.1) is 0 Å². The van der Waals surface area contributed by atoms with Crippen molar-refractivity contribution in [2.24, 2.45) is 0 Å². The van der Waals surface area contributed by atoms with Crippen LogP contribution in [-0.2, 0) is 12.0 Å². The highest BCUT2D eigenvalue weighted by atomic mass is 16.5. The third kappa shape index (κ3) is 5.24. The average Bonchev–Trinajstić information content (AvgIpc) is 2.47. The molecule has 0 aliphatic rings. The zero-order valence-electron chi connectivity index (χ0n) is 13.2. The van der Waals surface area contributed by atoms with E-state index >= 15 is 0 Å². The van der Waals surface area contributed by atoms with E-state index in [2.05, 4.69) is 50.4 Å². The number of rotatable bonds is 6. The van der Waals surface area contributed by atoms with E-state index in [9.17, 15) is 0 Å². The van der Waals surface area contributed by atoms with Gasteiger partial charge in [0.2, 0.25) is 0 Å². The topological polar surface area (TPSA) is 21.3 Å². The number of nitrogens with one attached hydrogen (secondary N) is 1. The van der Waals surface area contributed by atoms with E-state index in [0.29, 0.717) is 6.61 Å². The molecule has 2 nitrogen and oxygen atoms in total. The van der Waals surface area contributed by atoms with Crippen molar-refractivity contribution in [1.82, 2.24) is 5.32 Å². The lowest BCUT2D eigenvalue weighted by Crippen LogP contribution is -2.20. The van der Waals surface area contributed by atoms with Crippen LogP contribution in [0.1, 0.15) is 31.9 Å². The molecule has 0 aliphatic carbocycles. The van der Waals surface area contributed by atoms with Gasteiger partial charge < -0.3 is 10.1 Å². The molecular formula is C19H25NO. The first kappa shape index (κ1) is 15.6. The molecule has 0 amide bonds. The van der Waals surface area contributed by atoms with E-state index in [1.165, 1.54) is 11.1 Å². The van der Waals surface area contributed by atoms with E-state index in [1.54, 1.807) is 0 Å². The van der Waals surface area contributed by atoms with E-state index < -0.39 is 0 Å². The minimum atomic E-state index is 0.218. The molecule has 0 radical (unpaired) electrons. The van der Waals surface area contributed by atoms with Crippen LogP contribution in [0.25, 0.3) is 0 Å². The minimum Gasteiger partial charge on any atom is -0.492 e. The van der Waals surface area contributed by atoms with Crippen LogP contribution in [0.15, 0.2) is 54.6 Å². The molecule has 0 spiro atoms. The molecular weight excluding hydrogens is 258 g/mol. The Labute approximate surface area is 128 Å². The smallest absolute Gasteiger partial charge is 0.119 e. The highest BCUT2D eigenvalue weighted by molar-refractivity contribution is 5.27. The van der Waals surface area contributed by atoms with Gasteiger partial charge in [0.05, 0.1) is 0 Å². The Bertz CT molecular complexity index is 526. The normalized spacial score (nSPS) is 11.4. The van der Waals surface area contributed by atoms with Gasteiger partial charge in [0, 0.05) is 13.1 Å². The molecule has 2 rings (SSSR count). The predicted molar refractivity (Wildman–Crippen MR) is 88.8 cm³/mol. The Morgan fingerprint density at radius 1 is 0.905 bits per heavy atom. The third-order valence-corrected chi connectivity index (χ3v) is 3.44. The second-order valence-electron chi connectivity index (χ2n) is 6.29. The fraction of sp³-hybridized carbons (Fsp3) is 0.368. The van der Waals surface area contributed by atoms with Gasteiger partial charge in [0.1, 0.15) is 12.4 Å². The van der Waals surface area contributed by atoms with E-state index in [-0.39, 0.29) is 5.41 Å². The number of benzene rings is 2. The van der Waals surface area contributed by atoms with Crippen LogP contribution in [-0.4, -0.2) is 13.2 Å². The third-order valence-electron chi connectivity index (χ3n) is 3.44. The van der Waals surface area contributed by atoms with Crippen molar-refractivity contribution in [2.75, 3.05) is 13.2 Å². The van der Waals surface area contributed by atoms with Gasteiger partial charge in [0.15, 0.2) is 0 Å². The summed E-state index contributed by atoms with van der Waals surface area (Å²) in [4.78, 5) is 0. The quantitative estimate of drug-likeness (QED) is 0.804. The number of hydrogen-bond donors (Lipinski definition) is 1. The van der Waals surface area contributed by atoms with Crippen LogP contribution >= 0.6 is 0 Å². The molecule has 0 saturated carbocycles. The molecule has 2 aromatic rings. The van der Waals surface area contributed by atoms with Crippen LogP contribution in [0.2, 0.25) is 0 Å². The molecule has 0 saturated heterocycles. The Hall–Kier alpha value is -1.80. The molecule has 0 heterocycles. The lowest BCUT2D eigenvalue weighted by Gasteiger charge is -2.19. The summed E-state index contributed by atoms with van der Waals surface area (Å²) in [5.74, 6) is 0.925. The first-order valence-electron chi connectivity index (χ1n) is 7.54. The number of para-hydroxylation sites is 1. The summed E-state index contributed by atoms with van der Waals surface area (Å²) in [7, 11) is 0. The second-order valence-corrected chi connectivity index (χ2v) is 6.29. The molecule has 1 N–H and O–H groups in total. The van der Waals surface area contributed by atoms with Crippen molar-refractivity contribution in [3.05, 3.63) is 65.7 Å². The van der Waals surface area contributed by atoms with Crippen LogP contribution < -0.4 is 10.1 Å². The first-order valence-corrected chi connectivity index (χ1v) is 7.54. The average molecular weight is 283 g/mol. The number of hydrogen-bond acceptors (Lipinski definition) is 2. The Morgan fingerprint density at radius 2 is 1.57 bits per heavy atom. The minimum absolute atomic E-state index is 0.218. The van der Waals surface area contributed by atoms with Crippen molar-refractivity contribution in [1.29, 1.82) is 0 Å². The molecule has 0 unspecified atom stereocenters. The van der Waals surface area contributed by atoms with Crippen molar-refractivity contribution < 1.29 is 4.74 Å². The van der Waals surface area contributed by atoms with Crippen LogP contribution in [0.4, 0.5) is 0 Å². The zero-order chi connectivity index (χ0) is 15.1. The summed E-state index contributed by atoms with van der Waals surface area (Å²) < 4.78 is 5.65. The maximum Gasteiger partial charge on any atom is 0.119 e. The fourth-order valence-electron chi connectivity index (χ4n) is 2.11. The zero-order valence-corrected chi connectivity index (χ0v) is 13.2. The van der Waals surface area contributed by atoms with Crippen molar-refractivity contribution in [3.8, 4) is 5.75 Å². The maximum atomic E-state index is 5.65. The standard InChI is InChI=1S/C19H25NO/c1-19(2,3)17-11-9-16(10-12-17)15-20-13-14-21-18-7-5-4-6-8-18/h4-12,20H,13-15H2,1-3H3. The number of ether oxygens (including phenoxy) is 1. The highest BCUT2D eigenvalue weighted by Gasteiger charge is 2.12. The Morgan fingerprint density at radius 3 is 2.19 bits per heavy atom. The van der Waals surface area contributed by atoms with Gasteiger partial charge in [-0.25, -0.2) is 0 Å². The lowest BCUT2D eigenvalue weighted by atomic mass is 9.87. The molecule has 2 heteroatoms. The SMILES string of the molecule is CC(C)(C)c1ccc(CNCCOc2ccccc2)cc1. The molecule has 0 aromatic heterocycles. The van der Waals surface area contributed by atoms with Crippen molar-refractivity contribution in [2.45, 2.75) is 32.7 Å². The maximum absolute atomic E-state index is 5.65. The predicted octanol–water partition coefficient (Wildman–Crippen LogP) is 4.15. The van der Waals surface area contributed by atoms with Gasteiger partial charge in [-0.2, -0.15) is 0 Å². The second kappa shape index (κ2) is 7.28. The Balaban J connectivity index is 1.69. The fourth-order valence-corrected chi connectivity index (χ4v) is 2.11. The van der Waals surface area contributed by atoms with E-state index in [4.69, 9.17) is 4.74 Å². The highest BCUT2D eigenvalue weighted by Crippen LogP contribution is 2.22. The van der Waals surface area contributed by atoms with E-state index in [0.717, 1.165) is 18.8 Å². The summed E-state index contributed by atoms with van der Waals surface area (Å²) in [6, 6.07) is 18.8. The van der Waals surface area contributed by atoms with Gasteiger partial charge in [0.25, 0.3) is 0 Å². The molecule has 0 atom stereocenters. The summed E-state index contributed by atoms with van der Waals surface area (Å²) in [5.41, 5.74) is 2.90. The summed E-state index contributed by atoms with van der Waals surface area (Å²) in [6.07, 6.45) is 0. The van der Waals surface area contributed by atoms with Gasteiger partial charge in [-0.3, -0.25) is 0 Å². The Kier molecular flexibility index (Phi) is 5.40. The molecule has 2 aromatic carbocycles. The summed E-state index contributed by atoms with van der Waals surface area (Å²) in [5, 5.41) is 3.41. The lowest BCUT2D eigenvalue weighted by molar-refractivity contribution is 0.313. The van der Waals surface area contributed by atoms with Crippen molar-refractivity contribution >= 4 is 0 Å².